The fraction of sp³-hybridized carbons (Fsp3) is 0.348. The molecule has 4 nitrogen and oxygen atoms in total. The Morgan fingerprint density at radius 1 is 1.07 bits per heavy atom. The van der Waals surface area contributed by atoms with Gasteiger partial charge < -0.3 is 10.0 Å². The molecule has 0 radical (unpaired) electrons. The third kappa shape index (κ3) is 5.66. The molecule has 0 aromatic heterocycles. The zero-order chi connectivity index (χ0) is 20.1. The van der Waals surface area contributed by atoms with Gasteiger partial charge in [-0.2, -0.15) is 0 Å². The number of piperazine rings is 1. The molecule has 0 aliphatic carbocycles. The number of hydrogen-bond donors (Lipinski definition) is 1. The third-order valence-corrected chi connectivity index (χ3v) is 4.59. The maximum Gasteiger partial charge on any atom is 0.237 e. The van der Waals surface area contributed by atoms with Crippen molar-refractivity contribution in [2.24, 2.45) is 0 Å². The summed E-state index contributed by atoms with van der Waals surface area (Å²) in [5, 5.41) is 9.67. The van der Waals surface area contributed by atoms with Crippen LogP contribution in [0.1, 0.15) is 30.5 Å². The number of rotatable bonds is 4. The average Bonchev–Trinajstić information content (AvgIpc) is 2.64. The van der Waals surface area contributed by atoms with Crippen molar-refractivity contribution in [3.8, 4) is 11.8 Å². The van der Waals surface area contributed by atoms with Crippen LogP contribution in [0.5, 0.6) is 0 Å². The number of nitrogens with zero attached hydrogens (tertiary/aromatic N) is 2. The molecule has 1 aliphatic heterocycles. The van der Waals surface area contributed by atoms with Gasteiger partial charge in [-0.1, -0.05) is 42.2 Å². The number of benzene rings is 2. The Morgan fingerprint density at radius 3 is 2.43 bits per heavy atom. The Morgan fingerprint density at radius 2 is 1.79 bits per heavy atom. The summed E-state index contributed by atoms with van der Waals surface area (Å²) in [5.41, 5.74) is 1.48. The van der Waals surface area contributed by atoms with Crippen LogP contribution in [0.25, 0.3) is 0 Å². The molecule has 0 unspecified atom stereocenters. The fourth-order valence-electron chi connectivity index (χ4n) is 3.07. The number of amides is 1. The lowest BCUT2D eigenvalue weighted by molar-refractivity contribution is -0.136. The molecule has 2 aromatic rings. The van der Waals surface area contributed by atoms with E-state index in [-0.39, 0.29) is 11.7 Å². The quantitative estimate of drug-likeness (QED) is 0.830. The van der Waals surface area contributed by atoms with Gasteiger partial charge in [-0.05, 0) is 37.6 Å². The minimum Gasteiger partial charge on any atom is -0.378 e. The van der Waals surface area contributed by atoms with E-state index in [0.29, 0.717) is 31.7 Å². The van der Waals surface area contributed by atoms with Crippen LogP contribution < -0.4 is 0 Å². The zero-order valence-electron chi connectivity index (χ0n) is 16.3. The molecular formula is C23H25FN2O2. The lowest BCUT2D eigenvalue weighted by Crippen LogP contribution is -2.49. The first-order chi connectivity index (χ1) is 13.3. The van der Waals surface area contributed by atoms with Crippen molar-refractivity contribution in [3.63, 3.8) is 0 Å². The second-order valence-electron chi connectivity index (χ2n) is 7.62. The topological polar surface area (TPSA) is 43.8 Å². The summed E-state index contributed by atoms with van der Waals surface area (Å²) in [5.74, 6) is 5.49. The SMILES string of the molecule is CC(C)(O)C#Cc1ccc(CN2CCN(Cc3ccccc3F)C(=O)C2)cc1. The summed E-state index contributed by atoms with van der Waals surface area (Å²) in [6.45, 7) is 5.96. The van der Waals surface area contributed by atoms with Gasteiger partial charge in [0.1, 0.15) is 11.4 Å². The first-order valence-electron chi connectivity index (χ1n) is 9.38. The molecule has 0 saturated carbocycles. The second kappa shape index (κ2) is 8.55. The van der Waals surface area contributed by atoms with Crippen LogP contribution in [0.15, 0.2) is 48.5 Å². The van der Waals surface area contributed by atoms with E-state index in [1.165, 1.54) is 6.07 Å². The molecular weight excluding hydrogens is 355 g/mol. The highest BCUT2D eigenvalue weighted by Crippen LogP contribution is 2.15. The highest BCUT2D eigenvalue weighted by Gasteiger charge is 2.24. The number of halogens is 1. The Kier molecular flexibility index (Phi) is 6.13. The van der Waals surface area contributed by atoms with Gasteiger partial charge in [0.2, 0.25) is 5.91 Å². The smallest absolute Gasteiger partial charge is 0.237 e. The maximum atomic E-state index is 13.8. The van der Waals surface area contributed by atoms with E-state index in [2.05, 4.69) is 16.7 Å². The van der Waals surface area contributed by atoms with Crippen LogP contribution >= 0.6 is 0 Å². The van der Waals surface area contributed by atoms with Gasteiger partial charge in [0.05, 0.1) is 6.54 Å². The van der Waals surface area contributed by atoms with E-state index >= 15 is 0 Å². The van der Waals surface area contributed by atoms with Gasteiger partial charge in [-0.15, -0.1) is 0 Å². The molecule has 1 amide bonds. The summed E-state index contributed by atoms with van der Waals surface area (Å²) >= 11 is 0. The van der Waals surface area contributed by atoms with Crippen molar-refractivity contribution in [1.82, 2.24) is 9.80 Å². The third-order valence-electron chi connectivity index (χ3n) is 4.59. The van der Waals surface area contributed by atoms with Gasteiger partial charge in [-0.25, -0.2) is 4.39 Å². The minimum atomic E-state index is -1.01. The maximum absolute atomic E-state index is 13.8. The van der Waals surface area contributed by atoms with E-state index in [9.17, 15) is 14.3 Å². The van der Waals surface area contributed by atoms with Crippen LogP contribution in [0.3, 0.4) is 0 Å². The van der Waals surface area contributed by atoms with Gasteiger partial charge in [0.25, 0.3) is 0 Å². The van der Waals surface area contributed by atoms with E-state index in [1.807, 2.05) is 24.3 Å². The Hall–Kier alpha value is -2.68. The van der Waals surface area contributed by atoms with E-state index in [1.54, 1.807) is 36.9 Å². The molecule has 146 valence electrons. The number of hydrogen-bond acceptors (Lipinski definition) is 3. The zero-order valence-corrected chi connectivity index (χ0v) is 16.3. The summed E-state index contributed by atoms with van der Waals surface area (Å²) in [6, 6.07) is 14.4. The Bertz CT molecular complexity index is 891. The normalized spacial score (nSPS) is 15.3. The van der Waals surface area contributed by atoms with Crippen LogP contribution in [-0.2, 0) is 17.9 Å². The largest absolute Gasteiger partial charge is 0.378 e. The van der Waals surface area contributed by atoms with E-state index in [0.717, 1.165) is 17.7 Å². The van der Waals surface area contributed by atoms with E-state index in [4.69, 9.17) is 0 Å². The van der Waals surface area contributed by atoms with Crippen LogP contribution in [0, 0.1) is 17.7 Å². The van der Waals surface area contributed by atoms with Crippen LogP contribution in [0.2, 0.25) is 0 Å². The first-order valence-corrected chi connectivity index (χ1v) is 9.38. The van der Waals surface area contributed by atoms with Crippen molar-refractivity contribution in [2.75, 3.05) is 19.6 Å². The van der Waals surface area contributed by atoms with Gasteiger partial charge in [0, 0.05) is 37.3 Å². The van der Waals surface area contributed by atoms with Crippen molar-refractivity contribution < 1.29 is 14.3 Å². The second-order valence-corrected chi connectivity index (χ2v) is 7.62. The van der Waals surface area contributed by atoms with Crippen LogP contribution in [-0.4, -0.2) is 46.0 Å². The molecule has 1 aliphatic rings. The molecule has 1 saturated heterocycles. The summed E-state index contributed by atoms with van der Waals surface area (Å²) in [6.07, 6.45) is 0. The minimum absolute atomic E-state index is 0.0159. The first kappa shape index (κ1) is 20.1. The summed E-state index contributed by atoms with van der Waals surface area (Å²) < 4.78 is 13.8. The summed E-state index contributed by atoms with van der Waals surface area (Å²) in [4.78, 5) is 16.3. The van der Waals surface area contributed by atoms with Crippen molar-refractivity contribution >= 4 is 5.91 Å². The van der Waals surface area contributed by atoms with Gasteiger partial charge in [-0.3, -0.25) is 9.69 Å². The lowest BCUT2D eigenvalue weighted by atomic mass is 10.1. The van der Waals surface area contributed by atoms with Crippen molar-refractivity contribution in [1.29, 1.82) is 0 Å². The molecule has 1 heterocycles. The number of aliphatic hydroxyl groups is 1. The number of carbonyl (C=O) groups excluding carboxylic acids is 1. The highest BCUT2D eigenvalue weighted by molar-refractivity contribution is 5.79. The molecule has 0 bridgehead atoms. The molecule has 1 N–H and O–H groups in total. The molecule has 0 spiro atoms. The molecule has 0 atom stereocenters. The Balaban J connectivity index is 1.55. The fourth-order valence-corrected chi connectivity index (χ4v) is 3.07. The number of carbonyl (C=O) groups is 1. The standard InChI is InChI=1S/C23H25FN2O2/c1-23(2,28)12-11-18-7-9-19(10-8-18)15-25-13-14-26(22(27)17-25)16-20-5-3-4-6-21(20)24/h3-10,28H,13-17H2,1-2H3. The predicted molar refractivity (Wildman–Crippen MR) is 107 cm³/mol. The van der Waals surface area contributed by atoms with Crippen molar-refractivity contribution in [2.45, 2.75) is 32.5 Å². The Labute approximate surface area is 165 Å². The molecule has 5 heteroatoms. The molecule has 3 rings (SSSR count). The predicted octanol–water partition coefficient (Wildman–Crippen LogP) is 2.79. The average molecular weight is 380 g/mol. The molecule has 2 aromatic carbocycles. The lowest BCUT2D eigenvalue weighted by Gasteiger charge is -2.34. The molecule has 1 fully saturated rings. The monoisotopic (exact) mass is 380 g/mol. The van der Waals surface area contributed by atoms with Gasteiger partial charge >= 0.3 is 0 Å². The highest BCUT2D eigenvalue weighted by atomic mass is 19.1. The van der Waals surface area contributed by atoms with Gasteiger partial charge in [0.15, 0.2) is 0 Å². The van der Waals surface area contributed by atoms with E-state index < -0.39 is 5.60 Å². The van der Waals surface area contributed by atoms with Crippen LogP contribution in [0.4, 0.5) is 4.39 Å². The molecule has 28 heavy (non-hydrogen) atoms. The summed E-state index contributed by atoms with van der Waals surface area (Å²) in [7, 11) is 0. The van der Waals surface area contributed by atoms with Crippen molar-refractivity contribution in [3.05, 3.63) is 71.0 Å².